The van der Waals surface area contributed by atoms with Gasteiger partial charge in [0, 0.05) is 25.2 Å². The van der Waals surface area contributed by atoms with Crippen molar-refractivity contribution in [3.05, 3.63) is 30.2 Å². The molecule has 0 unspecified atom stereocenters. The van der Waals surface area contributed by atoms with Crippen LogP contribution in [0.5, 0.6) is 0 Å². The summed E-state index contributed by atoms with van der Waals surface area (Å²) < 4.78 is 1.86. The maximum atomic E-state index is 12.6. The van der Waals surface area contributed by atoms with Crippen LogP contribution in [0.1, 0.15) is 45.4 Å². The summed E-state index contributed by atoms with van der Waals surface area (Å²) in [7, 11) is 0. The molecule has 0 spiro atoms. The molecule has 7 nitrogen and oxygen atoms in total. The van der Waals surface area contributed by atoms with E-state index in [4.69, 9.17) is 0 Å². The minimum atomic E-state index is -0.277. The zero-order chi connectivity index (χ0) is 19.0. The minimum Gasteiger partial charge on any atom is -0.348 e. The first-order chi connectivity index (χ1) is 13.0. The molecule has 2 aliphatic rings. The standard InChI is InChI=1S/C20H27N5O2/c1-13-6-5-7-16(14(13)2)25-12-15(10-19(25)26)20(27)21-11-18-23-22-17-8-3-4-9-24(17)18/h3-4,8-9,13-16H,5-7,10-12H2,1-2H3,(H,21,27)/t13-,14-,15-,16+/m1/s1. The second-order valence-corrected chi connectivity index (χ2v) is 8.04. The van der Waals surface area contributed by atoms with Crippen LogP contribution < -0.4 is 5.32 Å². The molecule has 1 aliphatic heterocycles. The fourth-order valence-electron chi connectivity index (χ4n) is 4.54. The summed E-state index contributed by atoms with van der Waals surface area (Å²) in [5.74, 6) is 1.58. The first-order valence-corrected chi connectivity index (χ1v) is 9.90. The van der Waals surface area contributed by atoms with Crippen LogP contribution in [0, 0.1) is 17.8 Å². The second kappa shape index (κ2) is 7.29. The van der Waals surface area contributed by atoms with Gasteiger partial charge in [-0.15, -0.1) is 10.2 Å². The highest BCUT2D eigenvalue weighted by atomic mass is 16.2. The van der Waals surface area contributed by atoms with Gasteiger partial charge in [0.05, 0.1) is 12.5 Å². The Morgan fingerprint density at radius 1 is 1.26 bits per heavy atom. The lowest BCUT2D eigenvalue weighted by molar-refractivity contribution is -0.132. The molecular formula is C20H27N5O2. The third-order valence-electron chi connectivity index (χ3n) is 6.40. The van der Waals surface area contributed by atoms with E-state index in [0.717, 1.165) is 18.5 Å². The number of rotatable bonds is 4. The van der Waals surface area contributed by atoms with Crippen molar-refractivity contribution < 1.29 is 9.59 Å². The third kappa shape index (κ3) is 3.42. The van der Waals surface area contributed by atoms with E-state index in [9.17, 15) is 9.59 Å². The molecule has 4 rings (SSSR count). The van der Waals surface area contributed by atoms with E-state index in [0.29, 0.717) is 37.2 Å². The van der Waals surface area contributed by atoms with Crippen molar-refractivity contribution in [2.45, 2.75) is 52.1 Å². The summed E-state index contributed by atoms with van der Waals surface area (Å²) in [5, 5.41) is 11.2. The Morgan fingerprint density at radius 2 is 2.11 bits per heavy atom. The number of pyridine rings is 1. The molecule has 144 valence electrons. The van der Waals surface area contributed by atoms with Crippen LogP contribution in [0.2, 0.25) is 0 Å². The van der Waals surface area contributed by atoms with Crippen LogP contribution in [-0.2, 0) is 16.1 Å². The average molecular weight is 369 g/mol. The van der Waals surface area contributed by atoms with Crippen LogP contribution >= 0.6 is 0 Å². The number of hydrogen-bond donors (Lipinski definition) is 1. The number of hydrogen-bond acceptors (Lipinski definition) is 4. The highest BCUT2D eigenvalue weighted by Gasteiger charge is 2.41. The number of nitrogens with zero attached hydrogens (tertiary/aromatic N) is 4. The molecule has 1 aliphatic carbocycles. The third-order valence-corrected chi connectivity index (χ3v) is 6.40. The number of aromatic nitrogens is 3. The quantitative estimate of drug-likeness (QED) is 0.894. The van der Waals surface area contributed by atoms with Gasteiger partial charge in [0.15, 0.2) is 11.5 Å². The Labute approximate surface area is 159 Å². The van der Waals surface area contributed by atoms with Crippen LogP contribution in [-0.4, -0.2) is 43.9 Å². The fraction of sp³-hybridized carbons (Fsp3) is 0.600. The maximum Gasteiger partial charge on any atom is 0.225 e. The number of carbonyl (C=O) groups excluding carboxylic acids is 2. The zero-order valence-corrected chi connectivity index (χ0v) is 16.0. The van der Waals surface area contributed by atoms with Gasteiger partial charge in [0.1, 0.15) is 0 Å². The molecule has 2 aromatic heterocycles. The average Bonchev–Trinajstić information content (AvgIpc) is 3.26. The number of likely N-dealkylation sites (tertiary alicyclic amines) is 1. The van der Waals surface area contributed by atoms with Gasteiger partial charge < -0.3 is 10.2 Å². The smallest absolute Gasteiger partial charge is 0.225 e. The molecule has 27 heavy (non-hydrogen) atoms. The first kappa shape index (κ1) is 17.9. The molecule has 7 heteroatoms. The number of amides is 2. The monoisotopic (exact) mass is 369 g/mol. The van der Waals surface area contributed by atoms with Crippen molar-refractivity contribution in [2.24, 2.45) is 17.8 Å². The van der Waals surface area contributed by atoms with Gasteiger partial charge in [-0.25, -0.2) is 0 Å². The van der Waals surface area contributed by atoms with E-state index in [1.165, 1.54) is 6.42 Å². The fourth-order valence-corrected chi connectivity index (χ4v) is 4.54. The first-order valence-electron chi connectivity index (χ1n) is 9.90. The molecule has 1 saturated carbocycles. The van der Waals surface area contributed by atoms with Crippen molar-refractivity contribution in [3.63, 3.8) is 0 Å². The molecule has 1 N–H and O–H groups in total. The molecule has 2 amide bonds. The van der Waals surface area contributed by atoms with Crippen LogP contribution in [0.4, 0.5) is 0 Å². The molecule has 3 heterocycles. The van der Waals surface area contributed by atoms with Gasteiger partial charge in [-0.1, -0.05) is 32.8 Å². The molecule has 0 bridgehead atoms. The Hall–Kier alpha value is -2.44. The molecule has 2 fully saturated rings. The highest BCUT2D eigenvalue weighted by Crippen LogP contribution is 2.35. The van der Waals surface area contributed by atoms with Crippen LogP contribution in [0.3, 0.4) is 0 Å². The van der Waals surface area contributed by atoms with Crippen LogP contribution in [0.15, 0.2) is 24.4 Å². The van der Waals surface area contributed by atoms with E-state index in [-0.39, 0.29) is 23.8 Å². The van der Waals surface area contributed by atoms with Crippen molar-refractivity contribution in [3.8, 4) is 0 Å². The van der Waals surface area contributed by atoms with E-state index >= 15 is 0 Å². The van der Waals surface area contributed by atoms with Crippen molar-refractivity contribution >= 4 is 17.5 Å². The summed E-state index contributed by atoms with van der Waals surface area (Å²) in [6.07, 6.45) is 5.64. The van der Waals surface area contributed by atoms with E-state index in [1.54, 1.807) is 0 Å². The van der Waals surface area contributed by atoms with Gasteiger partial charge >= 0.3 is 0 Å². The molecule has 2 aromatic rings. The molecule has 1 saturated heterocycles. The summed E-state index contributed by atoms with van der Waals surface area (Å²) in [5.41, 5.74) is 0.754. The summed E-state index contributed by atoms with van der Waals surface area (Å²) in [6.45, 7) is 5.36. The number of carbonyl (C=O) groups is 2. The Balaban J connectivity index is 1.38. The zero-order valence-electron chi connectivity index (χ0n) is 16.0. The Kier molecular flexibility index (Phi) is 4.85. The molecule has 0 radical (unpaired) electrons. The highest BCUT2D eigenvalue weighted by molar-refractivity contribution is 5.89. The van der Waals surface area contributed by atoms with Gasteiger partial charge in [-0.05, 0) is 30.4 Å². The largest absolute Gasteiger partial charge is 0.348 e. The van der Waals surface area contributed by atoms with Gasteiger partial charge in [0.2, 0.25) is 11.8 Å². The van der Waals surface area contributed by atoms with Gasteiger partial charge in [0.25, 0.3) is 0 Å². The van der Waals surface area contributed by atoms with Gasteiger partial charge in [-0.2, -0.15) is 0 Å². The van der Waals surface area contributed by atoms with E-state index in [1.807, 2.05) is 33.7 Å². The summed E-state index contributed by atoms with van der Waals surface area (Å²) in [4.78, 5) is 27.2. The lowest BCUT2D eigenvalue weighted by Crippen LogP contribution is -2.45. The minimum absolute atomic E-state index is 0.0740. The second-order valence-electron chi connectivity index (χ2n) is 8.04. The molecule has 4 atom stereocenters. The predicted octanol–water partition coefficient (Wildman–Crippen LogP) is 2.02. The van der Waals surface area contributed by atoms with Crippen molar-refractivity contribution in [1.29, 1.82) is 0 Å². The van der Waals surface area contributed by atoms with Crippen LogP contribution in [0.25, 0.3) is 5.65 Å². The van der Waals surface area contributed by atoms with Crippen molar-refractivity contribution in [1.82, 2.24) is 24.8 Å². The normalized spacial score (nSPS) is 28.7. The topological polar surface area (TPSA) is 79.6 Å². The molecular weight excluding hydrogens is 342 g/mol. The summed E-state index contributed by atoms with van der Waals surface area (Å²) >= 11 is 0. The van der Waals surface area contributed by atoms with Crippen molar-refractivity contribution in [2.75, 3.05) is 6.54 Å². The Morgan fingerprint density at radius 3 is 2.96 bits per heavy atom. The van der Waals surface area contributed by atoms with E-state index < -0.39 is 0 Å². The number of nitrogens with one attached hydrogen (secondary N) is 1. The van der Waals surface area contributed by atoms with E-state index in [2.05, 4.69) is 29.4 Å². The Bertz CT molecular complexity index is 848. The maximum absolute atomic E-state index is 12.6. The predicted molar refractivity (Wildman–Crippen MR) is 101 cm³/mol. The molecule has 0 aromatic carbocycles. The van der Waals surface area contributed by atoms with Gasteiger partial charge in [-0.3, -0.25) is 14.0 Å². The SMILES string of the molecule is C[C@@H]1[C@H](C)CCC[C@@H]1N1C[C@H](C(=O)NCc2nnc3ccccn23)CC1=O. The summed E-state index contributed by atoms with van der Waals surface area (Å²) in [6, 6.07) is 5.96. The number of fused-ring (bicyclic) bond motifs is 1. The lowest BCUT2D eigenvalue weighted by atomic mass is 9.77. The lowest BCUT2D eigenvalue weighted by Gasteiger charge is -2.40.